The number of carbonyl (C=O) groups is 1. The van der Waals surface area contributed by atoms with Crippen LogP contribution < -0.4 is 10.2 Å². The molecule has 3 heterocycles. The molecule has 10 heteroatoms. The molecule has 3 rings (SSSR count). The highest BCUT2D eigenvalue weighted by Crippen LogP contribution is 2.16. The van der Waals surface area contributed by atoms with Crippen LogP contribution >= 0.6 is 24.0 Å². The predicted octanol–water partition coefficient (Wildman–Crippen LogP) is 0.848. The normalized spacial score (nSPS) is 20.4. The van der Waals surface area contributed by atoms with Gasteiger partial charge in [-0.05, 0) is 19.3 Å². The molecule has 2 aliphatic rings. The van der Waals surface area contributed by atoms with E-state index in [1.54, 1.807) is 22.8 Å². The van der Waals surface area contributed by atoms with Gasteiger partial charge in [0.05, 0.1) is 24.6 Å². The summed E-state index contributed by atoms with van der Waals surface area (Å²) in [4.78, 5) is 20.6. The first-order chi connectivity index (χ1) is 13.2. The summed E-state index contributed by atoms with van der Waals surface area (Å²) < 4.78 is 12.9. The van der Waals surface area contributed by atoms with Crippen LogP contribution in [0.25, 0.3) is 0 Å². The Balaban J connectivity index is 0.00000280. The van der Waals surface area contributed by atoms with Crippen molar-refractivity contribution in [3.63, 3.8) is 0 Å². The SMILES string of the molecule is CN=C(NCCCOCC1CCCO1)N1CCN(c2cnn(C)c2)C(=O)C1.I. The van der Waals surface area contributed by atoms with Gasteiger partial charge in [0.2, 0.25) is 5.91 Å². The van der Waals surface area contributed by atoms with Crippen LogP contribution in [0.15, 0.2) is 17.4 Å². The molecule has 0 saturated carbocycles. The van der Waals surface area contributed by atoms with Crippen molar-refractivity contribution < 1.29 is 14.3 Å². The van der Waals surface area contributed by atoms with Crippen molar-refractivity contribution in [3.8, 4) is 0 Å². The maximum Gasteiger partial charge on any atom is 0.246 e. The first-order valence-electron chi connectivity index (χ1n) is 9.61. The van der Waals surface area contributed by atoms with E-state index in [0.29, 0.717) is 26.3 Å². The highest BCUT2D eigenvalue weighted by atomic mass is 127. The van der Waals surface area contributed by atoms with E-state index in [2.05, 4.69) is 15.4 Å². The summed E-state index contributed by atoms with van der Waals surface area (Å²) in [5.74, 6) is 0.811. The van der Waals surface area contributed by atoms with E-state index in [1.807, 2.05) is 18.1 Å². The molecule has 1 aromatic rings. The Bertz CT molecular complexity index is 647. The van der Waals surface area contributed by atoms with E-state index < -0.39 is 0 Å². The van der Waals surface area contributed by atoms with Gasteiger partial charge in [0.1, 0.15) is 6.54 Å². The van der Waals surface area contributed by atoms with Crippen LogP contribution in [-0.2, 0) is 21.3 Å². The second-order valence-electron chi connectivity index (χ2n) is 6.88. The molecule has 1 N–H and O–H groups in total. The van der Waals surface area contributed by atoms with Crippen molar-refractivity contribution in [2.45, 2.75) is 25.4 Å². The predicted molar refractivity (Wildman–Crippen MR) is 118 cm³/mol. The van der Waals surface area contributed by atoms with Crippen molar-refractivity contribution in [2.24, 2.45) is 12.0 Å². The summed E-state index contributed by atoms with van der Waals surface area (Å²) in [7, 11) is 3.59. The highest BCUT2D eigenvalue weighted by molar-refractivity contribution is 14.0. The number of hydrogen-bond donors (Lipinski definition) is 1. The second-order valence-corrected chi connectivity index (χ2v) is 6.88. The Morgan fingerprint density at radius 3 is 2.96 bits per heavy atom. The minimum atomic E-state index is 0. The maximum atomic E-state index is 12.5. The second kappa shape index (κ2) is 11.6. The zero-order valence-corrected chi connectivity index (χ0v) is 19.0. The van der Waals surface area contributed by atoms with Gasteiger partial charge in [0, 0.05) is 53.1 Å². The third-order valence-electron chi connectivity index (χ3n) is 4.81. The molecule has 9 nitrogen and oxygen atoms in total. The Labute approximate surface area is 183 Å². The fourth-order valence-electron chi connectivity index (χ4n) is 3.37. The summed E-state index contributed by atoms with van der Waals surface area (Å²) in [6.07, 6.45) is 6.97. The molecule has 1 unspecified atom stereocenters. The smallest absolute Gasteiger partial charge is 0.246 e. The molecular weight excluding hydrogens is 475 g/mol. The molecule has 1 atom stereocenters. The number of aromatic nitrogens is 2. The number of halogens is 1. The van der Waals surface area contributed by atoms with Gasteiger partial charge in [-0.1, -0.05) is 0 Å². The van der Waals surface area contributed by atoms with Crippen molar-refractivity contribution in [1.29, 1.82) is 0 Å². The van der Waals surface area contributed by atoms with Gasteiger partial charge >= 0.3 is 0 Å². The molecule has 0 bridgehead atoms. The van der Waals surface area contributed by atoms with Gasteiger partial charge in [-0.25, -0.2) is 0 Å². The lowest BCUT2D eigenvalue weighted by Crippen LogP contribution is -2.55. The standard InChI is InChI=1S/C18H30N6O3.HI/c1-19-18(20-6-4-9-26-14-16-5-3-10-27-16)23-7-8-24(17(25)13-23)15-11-21-22(2)12-15;/h11-12,16H,3-10,13-14H2,1-2H3,(H,19,20);1H. The minimum absolute atomic E-state index is 0. The fraction of sp³-hybridized carbons (Fsp3) is 0.722. The third-order valence-corrected chi connectivity index (χ3v) is 4.81. The first kappa shape index (κ1) is 22.9. The van der Waals surface area contributed by atoms with Crippen LogP contribution in [0.4, 0.5) is 5.69 Å². The molecule has 158 valence electrons. The fourth-order valence-corrected chi connectivity index (χ4v) is 3.37. The van der Waals surface area contributed by atoms with Crippen LogP contribution in [0, 0.1) is 0 Å². The molecule has 0 aliphatic carbocycles. The number of ether oxygens (including phenoxy) is 2. The van der Waals surface area contributed by atoms with Crippen molar-refractivity contribution in [2.75, 3.05) is 57.9 Å². The Hall–Kier alpha value is -1.40. The first-order valence-corrected chi connectivity index (χ1v) is 9.61. The molecule has 0 radical (unpaired) electrons. The van der Waals surface area contributed by atoms with E-state index in [0.717, 1.165) is 50.6 Å². The van der Waals surface area contributed by atoms with Crippen LogP contribution in [0.3, 0.4) is 0 Å². The number of aliphatic imine (C=N–C) groups is 1. The summed E-state index contributed by atoms with van der Waals surface area (Å²) in [6, 6.07) is 0. The van der Waals surface area contributed by atoms with Crippen molar-refractivity contribution in [1.82, 2.24) is 20.0 Å². The van der Waals surface area contributed by atoms with Crippen LogP contribution in [-0.4, -0.2) is 85.7 Å². The minimum Gasteiger partial charge on any atom is -0.379 e. The zero-order valence-electron chi connectivity index (χ0n) is 16.7. The monoisotopic (exact) mass is 506 g/mol. The van der Waals surface area contributed by atoms with E-state index in [1.165, 1.54) is 0 Å². The molecule has 1 amide bonds. The number of anilines is 1. The summed E-state index contributed by atoms with van der Waals surface area (Å²) in [5.41, 5.74) is 0.841. The molecular formula is C18H31IN6O3. The van der Waals surface area contributed by atoms with Crippen molar-refractivity contribution in [3.05, 3.63) is 12.4 Å². The molecule has 0 spiro atoms. The third kappa shape index (κ3) is 6.31. The quantitative estimate of drug-likeness (QED) is 0.256. The molecule has 28 heavy (non-hydrogen) atoms. The number of rotatable bonds is 7. The zero-order chi connectivity index (χ0) is 19.1. The van der Waals surface area contributed by atoms with E-state index in [4.69, 9.17) is 9.47 Å². The van der Waals surface area contributed by atoms with Gasteiger partial charge in [-0.3, -0.25) is 14.5 Å². The summed E-state index contributed by atoms with van der Waals surface area (Å²) in [6.45, 7) is 4.65. The number of piperazine rings is 1. The lowest BCUT2D eigenvalue weighted by atomic mass is 10.2. The number of carbonyl (C=O) groups excluding carboxylic acids is 1. The number of nitrogens with one attached hydrogen (secondary N) is 1. The highest BCUT2D eigenvalue weighted by Gasteiger charge is 2.27. The largest absolute Gasteiger partial charge is 0.379 e. The topological polar surface area (TPSA) is 84.2 Å². The summed E-state index contributed by atoms with van der Waals surface area (Å²) in [5, 5.41) is 7.46. The average Bonchev–Trinajstić information content (AvgIpc) is 3.33. The van der Waals surface area contributed by atoms with E-state index in [-0.39, 0.29) is 36.0 Å². The van der Waals surface area contributed by atoms with Crippen LogP contribution in [0.5, 0.6) is 0 Å². The molecule has 2 saturated heterocycles. The van der Waals surface area contributed by atoms with Crippen molar-refractivity contribution >= 4 is 41.5 Å². The number of aryl methyl sites for hydroxylation is 1. The summed E-state index contributed by atoms with van der Waals surface area (Å²) >= 11 is 0. The Morgan fingerprint density at radius 1 is 1.46 bits per heavy atom. The van der Waals surface area contributed by atoms with Gasteiger partial charge in [-0.2, -0.15) is 5.10 Å². The number of guanidine groups is 1. The van der Waals surface area contributed by atoms with Gasteiger partial charge in [0.15, 0.2) is 5.96 Å². The molecule has 0 aromatic carbocycles. The van der Waals surface area contributed by atoms with Crippen LogP contribution in [0.2, 0.25) is 0 Å². The van der Waals surface area contributed by atoms with E-state index in [9.17, 15) is 4.79 Å². The lowest BCUT2D eigenvalue weighted by molar-refractivity contribution is -0.120. The molecule has 2 aliphatic heterocycles. The number of nitrogens with zero attached hydrogens (tertiary/aromatic N) is 5. The maximum absolute atomic E-state index is 12.5. The molecule has 2 fully saturated rings. The Morgan fingerprint density at radius 2 is 2.32 bits per heavy atom. The van der Waals surface area contributed by atoms with Gasteiger partial charge in [-0.15, -0.1) is 24.0 Å². The molecule has 1 aromatic heterocycles. The van der Waals surface area contributed by atoms with E-state index >= 15 is 0 Å². The van der Waals surface area contributed by atoms with Gasteiger partial charge < -0.3 is 24.6 Å². The van der Waals surface area contributed by atoms with Gasteiger partial charge in [0.25, 0.3) is 0 Å². The Kier molecular flexibility index (Phi) is 9.45. The average molecular weight is 506 g/mol. The number of amides is 1. The van der Waals surface area contributed by atoms with Crippen LogP contribution in [0.1, 0.15) is 19.3 Å². The lowest BCUT2D eigenvalue weighted by Gasteiger charge is -2.35. The number of hydrogen-bond acceptors (Lipinski definition) is 5.